The Balaban J connectivity index is 4.51. The number of unbranched alkanes of at least 4 members (excludes halogenated alkanes) is 17. The first kappa shape index (κ1) is 69.3. The van der Waals surface area contributed by atoms with Gasteiger partial charge in [-0.3, -0.25) is 14.4 Å². The van der Waals surface area contributed by atoms with Crippen molar-refractivity contribution in [3.05, 3.63) is 146 Å². The molecule has 0 rings (SSSR count). The number of carbonyl (C=O) groups is 3. The second-order valence-corrected chi connectivity index (χ2v) is 19.1. The van der Waals surface area contributed by atoms with E-state index in [0.29, 0.717) is 25.7 Å². The summed E-state index contributed by atoms with van der Waals surface area (Å²) >= 11 is 0. The molecule has 0 amide bonds. The maximum absolute atomic E-state index is 12.9. The first-order chi connectivity index (χ1) is 36.5. The van der Waals surface area contributed by atoms with Crippen LogP contribution in [0.15, 0.2) is 146 Å². The van der Waals surface area contributed by atoms with Gasteiger partial charge in [-0.05, 0) is 141 Å². The van der Waals surface area contributed by atoms with E-state index >= 15 is 0 Å². The summed E-state index contributed by atoms with van der Waals surface area (Å²) in [6.07, 6.45) is 87.0. The molecule has 0 saturated heterocycles. The van der Waals surface area contributed by atoms with E-state index in [-0.39, 0.29) is 31.1 Å². The fourth-order valence-electron chi connectivity index (χ4n) is 7.64. The van der Waals surface area contributed by atoms with Gasteiger partial charge in [0.1, 0.15) is 13.2 Å². The minimum absolute atomic E-state index is 0.118. The van der Waals surface area contributed by atoms with Gasteiger partial charge < -0.3 is 14.2 Å². The molecule has 416 valence electrons. The molecule has 0 aromatic carbocycles. The minimum atomic E-state index is -0.820. The number of hydrogen-bond acceptors (Lipinski definition) is 6. The number of allylic oxidation sites excluding steroid dienone is 24. The van der Waals surface area contributed by atoms with Gasteiger partial charge in [0.15, 0.2) is 6.10 Å². The predicted molar refractivity (Wildman–Crippen MR) is 320 cm³/mol. The average molecular weight is 1020 g/mol. The zero-order valence-electron chi connectivity index (χ0n) is 47.5. The largest absolute Gasteiger partial charge is 0.462 e. The van der Waals surface area contributed by atoms with Gasteiger partial charge in [0.05, 0.1) is 0 Å². The molecule has 0 aromatic heterocycles. The lowest BCUT2D eigenvalue weighted by Crippen LogP contribution is -2.30. The van der Waals surface area contributed by atoms with Gasteiger partial charge in [-0.2, -0.15) is 0 Å². The van der Waals surface area contributed by atoms with Crippen LogP contribution >= 0.6 is 0 Å². The molecule has 0 spiro atoms. The third-order valence-corrected chi connectivity index (χ3v) is 12.1. The van der Waals surface area contributed by atoms with Crippen molar-refractivity contribution < 1.29 is 28.6 Å². The van der Waals surface area contributed by atoms with Crippen LogP contribution in [0.1, 0.15) is 245 Å². The van der Waals surface area contributed by atoms with Crippen LogP contribution in [0.5, 0.6) is 0 Å². The van der Waals surface area contributed by atoms with E-state index in [1.165, 1.54) is 57.8 Å². The quantitative estimate of drug-likeness (QED) is 0.0261. The molecule has 0 saturated carbocycles. The van der Waals surface area contributed by atoms with Gasteiger partial charge in [-0.1, -0.05) is 231 Å². The fourth-order valence-corrected chi connectivity index (χ4v) is 7.64. The van der Waals surface area contributed by atoms with E-state index < -0.39 is 6.10 Å². The Kier molecular flexibility index (Phi) is 57.0. The molecule has 1 atom stereocenters. The van der Waals surface area contributed by atoms with Gasteiger partial charge in [0.25, 0.3) is 0 Å². The van der Waals surface area contributed by atoms with Gasteiger partial charge in [0, 0.05) is 19.3 Å². The van der Waals surface area contributed by atoms with Gasteiger partial charge >= 0.3 is 17.9 Å². The van der Waals surface area contributed by atoms with Crippen molar-refractivity contribution in [3.63, 3.8) is 0 Å². The molecule has 0 N–H and O–H groups in total. The zero-order valence-corrected chi connectivity index (χ0v) is 47.5. The predicted octanol–water partition coefficient (Wildman–Crippen LogP) is 20.4. The monoisotopic (exact) mass is 1020 g/mol. The molecule has 0 aliphatic heterocycles. The lowest BCUT2D eigenvalue weighted by Gasteiger charge is -2.18. The Morgan fingerprint density at radius 1 is 0.284 bits per heavy atom. The lowest BCUT2D eigenvalue weighted by molar-refractivity contribution is -0.167. The van der Waals surface area contributed by atoms with Crippen LogP contribution in [0, 0.1) is 0 Å². The maximum Gasteiger partial charge on any atom is 0.306 e. The van der Waals surface area contributed by atoms with Crippen molar-refractivity contribution in [2.24, 2.45) is 0 Å². The first-order valence-corrected chi connectivity index (χ1v) is 29.8. The van der Waals surface area contributed by atoms with E-state index in [1.54, 1.807) is 0 Å². The molecule has 0 aliphatic carbocycles. The lowest BCUT2D eigenvalue weighted by atomic mass is 10.1. The number of ether oxygens (including phenoxy) is 3. The van der Waals surface area contributed by atoms with Crippen molar-refractivity contribution in [3.8, 4) is 0 Å². The van der Waals surface area contributed by atoms with Crippen molar-refractivity contribution in [2.75, 3.05) is 13.2 Å². The van der Waals surface area contributed by atoms with E-state index in [9.17, 15) is 14.4 Å². The summed E-state index contributed by atoms with van der Waals surface area (Å²) in [5, 5.41) is 0. The average Bonchev–Trinajstić information content (AvgIpc) is 3.40. The number of esters is 3. The second-order valence-electron chi connectivity index (χ2n) is 19.1. The van der Waals surface area contributed by atoms with Crippen molar-refractivity contribution in [2.45, 2.75) is 252 Å². The Morgan fingerprint density at radius 3 is 0.878 bits per heavy atom. The van der Waals surface area contributed by atoms with Crippen LogP contribution in [0.4, 0.5) is 0 Å². The topological polar surface area (TPSA) is 78.9 Å². The van der Waals surface area contributed by atoms with Crippen LogP contribution in [0.2, 0.25) is 0 Å². The summed E-state index contributed by atoms with van der Waals surface area (Å²) in [5.74, 6) is -1.00. The highest BCUT2D eigenvalue weighted by atomic mass is 16.6. The SMILES string of the molecule is CC/C=C\C/C=C\C/C=C\C/C=C\C/C=C\C/C=C\C/C=C\CCCCCC(=O)OCC(COC(=O)CCCC/C=C\C/C=C\C/C=C\C/C=C\CC)OC(=O)CCCCCCC/C=C\CCCCCCCCC. The summed E-state index contributed by atoms with van der Waals surface area (Å²) in [6.45, 7) is 6.33. The van der Waals surface area contributed by atoms with Crippen LogP contribution in [-0.2, 0) is 28.6 Å². The molecule has 0 heterocycles. The number of carbonyl (C=O) groups excluding carboxylic acids is 3. The van der Waals surface area contributed by atoms with Crippen LogP contribution in [-0.4, -0.2) is 37.2 Å². The smallest absolute Gasteiger partial charge is 0.306 e. The van der Waals surface area contributed by atoms with Crippen molar-refractivity contribution >= 4 is 17.9 Å². The summed E-state index contributed by atoms with van der Waals surface area (Å²) in [4.78, 5) is 38.2. The number of rotatable bonds is 52. The molecule has 0 fully saturated rings. The summed E-state index contributed by atoms with van der Waals surface area (Å²) in [7, 11) is 0. The molecule has 6 heteroatoms. The van der Waals surface area contributed by atoms with Gasteiger partial charge in [-0.15, -0.1) is 0 Å². The zero-order chi connectivity index (χ0) is 53.6. The van der Waals surface area contributed by atoms with Gasteiger partial charge in [-0.25, -0.2) is 0 Å². The summed E-state index contributed by atoms with van der Waals surface area (Å²) in [6, 6.07) is 0. The molecule has 0 aromatic rings. The third-order valence-electron chi connectivity index (χ3n) is 12.1. The Labute approximate surface area is 455 Å². The maximum atomic E-state index is 12.9. The second kappa shape index (κ2) is 60.8. The Bertz CT molecular complexity index is 1640. The standard InChI is InChI=1S/C68H108O6/c1-4-7-10-13-16-19-22-25-28-30-31-32-33-34-35-36-37-38-41-43-46-49-52-55-58-61-67(70)73-64-65(63-72-66(69)60-57-54-51-48-45-42-39-27-24-21-18-15-12-9-6-3)74-68(71)62-59-56-53-50-47-44-40-29-26-23-20-17-14-11-8-5-2/h7,9-10,12,16,18-19,21,25,27-29,31-32,34-35,37-40,43,45-46,48,65H,4-6,8,11,13-15,17,20,22-24,26,30,33,36,41-42,44,47,49-64H2,1-3H3/b10-7-,12-9-,19-16-,21-18-,28-25-,32-31-,35-34-,38-37-,39-27-,40-29-,46-43-,48-45-. The Hall–Kier alpha value is -4.71. The molecular weight excluding hydrogens is 913 g/mol. The molecule has 1 unspecified atom stereocenters. The highest BCUT2D eigenvalue weighted by Gasteiger charge is 2.19. The van der Waals surface area contributed by atoms with Crippen LogP contribution in [0.3, 0.4) is 0 Å². The van der Waals surface area contributed by atoms with E-state index in [4.69, 9.17) is 14.2 Å². The molecule has 0 bridgehead atoms. The van der Waals surface area contributed by atoms with Crippen molar-refractivity contribution in [1.82, 2.24) is 0 Å². The third kappa shape index (κ3) is 58.2. The minimum Gasteiger partial charge on any atom is -0.462 e. The molecule has 0 aliphatic rings. The molecule has 6 nitrogen and oxygen atoms in total. The normalized spacial score (nSPS) is 13.2. The van der Waals surface area contributed by atoms with Crippen LogP contribution in [0.25, 0.3) is 0 Å². The van der Waals surface area contributed by atoms with Crippen molar-refractivity contribution in [1.29, 1.82) is 0 Å². The molecule has 0 radical (unpaired) electrons. The van der Waals surface area contributed by atoms with E-state index in [1.807, 2.05) is 0 Å². The highest BCUT2D eigenvalue weighted by molar-refractivity contribution is 5.71. The summed E-state index contributed by atoms with van der Waals surface area (Å²) in [5.41, 5.74) is 0. The molecular formula is C68H108O6. The first-order valence-electron chi connectivity index (χ1n) is 29.8. The summed E-state index contributed by atoms with van der Waals surface area (Å²) < 4.78 is 16.8. The molecule has 74 heavy (non-hydrogen) atoms. The van der Waals surface area contributed by atoms with Crippen LogP contribution < -0.4 is 0 Å². The number of hydrogen-bond donors (Lipinski definition) is 0. The van der Waals surface area contributed by atoms with E-state index in [0.717, 1.165) is 141 Å². The van der Waals surface area contributed by atoms with Gasteiger partial charge in [0.2, 0.25) is 0 Å². The fraction of sp³-hybridized carbons (Fsp3) is 0.603. The van der Waals surface area contributed by atoms with E-state index in [2.05, 4.69) is 167 Å². The highest BCUT2D eigenvalue weighted by Crippen LogP contribution is 2.13. The Morgan fingerprint density at radius 2 is 0.527 bits per heavy atom.